The normalized spacial score (nSPS) is 18.9. The van der Waals surface area contributed by atoms with Crippen LogP contribution in [0.2, 0.25) is 0 Å². The first-order valence-corrected chi connectivity index (χ1v) is 7.83. The Labute approximate surface area is 127 Å². The van der Waals surface area contributed by atoms with Gasteiger partial charge in [-0.05, 0) is 36.3 Å². The molecule has 2 rings (SSSR count). The molecule has 1 aromatic heterocycles. The van der Waals surface area contributed by atoms with Gasteiger partial charge in [-0.2, -0.15) is 0 Å². The molecule has 4 heteroatoms. The van der Waals surface area contributed by atoms with Crippen LogP contribution in [-0.4, -0.2) is 35.9 Å². The molecule has 1 aliphatic rings. The van der Waals surface area contributed by atoms with Gasteiger partial charge in [-0.15, -0.1) is 0 Å². The molecule has 1 N–H and O–H groups in total. The zero-order valence-corrected chi connectivity index (χ0v) is 13.9. The van der Waals surface area contributed by atoms with Crippen LogP contribution in [0, 0.1) is 11.3 Å². The first kappa shape index (κ1) is 15.8. The molecule has 1 fully saturated rings. The highest BCUT2D eigenvalue weighted by atomic mass is 16.2. The van der Waals surface area contributed by atoms with Gasteiger partial charge in [0.2, 0.25) is 0 Å². The highest BCUT2D eigenvalue weighted by Gasteiger charge is 2.34. The number of nitrogens with one attached hydrogen (secondary N) is 1. The van der Waals surface area contributed by atoms with Crippen LogP contribution in [0.4, 0.5) is 5.82 Å². The number of hydrogen-bond acceptors (Lipinski definition) is 3. The van der Waals surface area contributed by atoms with Crippen LogP contribution in [0.3, 0.4) is 0 Å². The number of amides is 1. The van der Waals surface area contributed by atoms with Crippen molar-refractivity contribution in [3.8, 4) is 0 Å². The van der Waals surface area contributed by atoms with Crippen LogP contribution < -0.4 is 5.32 Å². The minimum atomic E-state index is 0.135. The maximum atomic E-state index is 12.7. The minimum Gasteiger partial charge on any atom is -0.373 e. The topological polar surface area (TPSA) is 45.2 Å². The van der Waals surface area contributed by atoms with Crippen LogP contribution in [0.1, 0.15) is 50.2 Å². The number of nitrogens with zero attached hydrogens (tertiary/aromatic N) is 2. The maximum Gasteiger partial charge on any atom is 0.254 e. The minimum absolute atomic E-state index is 0.135. The molecule has 1 saturated heterocycles. The number of carbonyl (C=O) groups excluding carboxylic acids is 1. The Bertz CT molecular complexity index is 497. The van der Waals surface area contributed by atoms with Crippen molar-refractivity contribution in [2.75, 3.05) is 25.5 Å². The van der Waals surface area contributed by atoms with E-state index in [0.29, 0.717) is 5.92 Å². The molecule has 1 atom stereocenters. The predicted octanol–water partition coefficient (Wildman–Crippen LogP) is 3.19. The number of aryl methyl sites for hydroxylation is 1. The Balaban J connectivity index is 2.17. The van der Waals surface area contributed by atoms with Crippen molar-refractivity contribution in [3.05, 3.63) is 23.4 Å². The van der Waals surface area contributed by atoms with Gasteiger partial charge >= 0.3 is 0 Å². The highest BCUT2D eigenvalue weighted by Crippen LogP contribution is 2.34. The van der Waals surface area contributed by atoms with E-state index in [1.165, 1.54) is 0 Å². The summed E-state index contributed by atoms with van der Waals surface area (Å²) in [5.74, 6) is 1.48. The lowest BCUT2D eigenvalue weighted by Gasteiger charge is -2.27. The molecule has 0 saturated carbocycles. The summed E-state index contributed by atoms with van der Waals surface area (Å²) in [7, 11) is 1.83. The number of hydrogen-bond donors (Lipinski definition) is 1. The summed E-state index contributed by atoms with van der Waals surface area (Å²) in [6.45, 7) is 10.5. The fraction of sp³-hybridized carbons (Fsp3) is 0.647. The Hall–Kier alpha value is -1.58. The van der Waals surface area contributed by atoms with Crippen molar-refractivity contribution < 1.29 is 4.79 Å². The zero-order valence-electron chi connectivity index (χ0n) is 13.9. The van der Waals surface area contributed by atoms with Gasteiger partial charge in [0.05, 0.1) is 0 Å². The standard InChI is InChI=1S/C17H27N3O/c1-6-14-9-12(10-15(18-5)19-14)16(21)20-8-7-13(11-20)17(2,3)4/h9-10,13H,6-8,11H2,1-5H3,(H,18,19). The van der Waals surface area contributed by atoms with Crippen molar-refractivity contribution in [2.45, 2.75) is 40.5 Å². The third-order valence-corrected chi connectivity index (χ3v) is 4.44. The van der Waals surface area contributed by atoms with Crippen molar-refractivity contribution in [3.63, 3.8) is 0 Å². The fourth-order valence-corrected chi connectivity index (χ4v) is 2.85. The third kappa shape index (κ3) is 3.55. The van der Waals surface area contributed by atoms with Crippen molar-refractivity contribution in [2.24, 2.45) is 11.3 Å². The monoisotopic (exact) mass is 289 g/mol. The molecule has 0 spiro atoms. The van der Waals surface area contributed by atoms with Gasteiger partial charge in [0, 0.05) is 31.4 Å². The van der Waals surface area contributed by atoms with E-state index in [9.17, 15) is 4.79 Å². The van der Waals surface area contributed by atoms with Gasteiger partial charge in [0.15, 0.2) is 0 Å². The average Bonchev–Trinajstić information content (AvgIpc) is 2.95. The molecule has 2 heterocycles. The summed E-state index contributed by atoms with van der Waals surface area (Å²) in [5, 5.41) is 3.04. The molecule has 116 valence electrons. The van der Waals surface area contributed by atoms with E-state index in [4.69, 9.17) is 0 Å². The SMILES string of the molecule is CCc1cc(C(=O)N2CCC(C(C)(C)C)C2)cc(NC)n1. The Morgan fingerprint density at radius 2 is 2.14 bits per heavy atom. The average molecular weight is 289 g/mol. The summed E-state index contributed by atoms with van der Waals surface area (Å²) >= 11 is 0. The maximum absolute atomic E-state index is 12.7. The fourth-order valence-electron chi connectivity index (χ4n) is 2.85. The Morgan fingerprint density at radius 3 is 2.67 bits per heavy atom. The second-order valence-corrected chi connectivity index (χ2v) is 6.94. The highest BCUT2D eigenvalue weighted by molar-refractivity contribution is 5.95. The lowest BCUT2D eigenvalue weighted by atomic mass is 9.80. The molecule has 1 amide bonds. The summed E-state index contributed by atoms with van der Waals surface area (Å²) in [5.41, 5.74) is 1.97. The molecular weight excluding hydrogens is 262 g/mol. The van der Waals surface area contributed by atoms with Crippen LogP contribution in [0.15, 0.2) is 12.1 Å². The number of aromatic nitrogens is 1. The summed E-state index contributed by atoms with van der Waals surface area (Å²) < 4.78 is 0. The predicted molar refractivity (Wildman–Crippen MR) is 86.6 cm³/mol. The number of pyridine rings is 1. The third-order valence-electron chi connectivity index (χ3n) is 4.44. The van der Waals surface area contributed by atoms with E-state index in [1.807, 2.05) is 24.1 Å². The molecule has 1 aliphatic heterocycles. The first-order chi connectivity index (χ1) is 9.85. The van der Waals surface area contributed by atoms with Crippen molar-refractivity contribution >= 4 is 11.7 Å². The molecule has 1 aromatic rings. The molecule has 0 bridgehead atoms. The summed E-state index contributed by atoms with van der Waals surface area (Å²) in [6, 6.07) is 3.78. The molecule has 21 heavy (non-hydrogen) atoms. The van der Waals surface area contributed by atoms with E-state index < -0.39 is 0 Å². The van der Waals surface area contributed by atoms with Gasteiger partial charge in [-0.3, -0.25) is 4.79 Å². The molecule has 0 aromatic carbocycles. The summed E-state index contributed by atoms with van der Waals surface area (Å²) in [6.07, 6.45) is 1.93. The molecule has 0 aliphatic carbocycles. The van der Waals surface area contributed by atoms with Crippen molar-refractivity contribution in [1.82, 2.24) is 9.88 Å². The number of rotatable bonds is 3. The Morgan fingerprint density at radius 1 is 1.43 bits per heavy atom. The van der Waals surface area contributed by atoms with E-state index in [0.717, 1.165) is 43.0 Å². The molecule has 0 radical (unpaired) electrons. The van der Waals surface area contributed by atoms with Gasteiger partial charge < -0.3 is 10.2 Å². The summed E-state index contributed by atoms with van der Waals surface area (Å²) in [4.78, 5) is 19.2. The second kappa shape index (κ2) is 6.04. The van der Waals surface area contributed by atoms with Gasteiger partial charge in [0.25, 0.3) is 5.91 Å². The zero-order chi connectivity index (χ0) is 15.6. The van der Waals surface area contributed by atoms with E-state index in [1.54, 1.807) is 0 Å². The molecule has 1 unspecified atom stereocenters. The number of carbonyl (C=O) groups is 1. The lowest BCUT2D eigenvalue weighted by Crippen LogP contribution is -2.31. The largest absolute Gasteiger partial charge is 0.373 e. The lowest BCUT2D eigenvalue weighted by molar-refractivity contribution is 0.0776. The first-order valence-electron chi connectivity index (χ1n) is 7.83. The van der Waals surface area contributed by atoms with Crippen LogP contribution in [-0.2, 0) is 6.42 Å². The van der Waals surface area contributed by atoms with Gasteiger partial charge in [-0.25, -0.2) is 4.98 Å². The molecule has 4 nitrogen and oxygen atoms in total. The number of anilines is 1. The van der Waals surface area contributed by atoms with E-state index in [2.05, 4.69) is 38.0 Å². The van der Waals surface area contributed by atoms with Gasteiger partial charge in [-0.1, -0.05) is 27.7 Å². The van der Waals surface area contributed by atoms with E-state index in [-0.39, 0.29) is 11.3 Å². The number of likely N-dealkylation sites (tertiary alicyclic amines) is 1. The van der Waals surface area contributed by atoms with Crippen LogP contribution >= 0.6 is 0 Å². The Kier molecular flexibility index (Phi) is 4.55. The van der Waals surface area contributed by atoms with Crippen molar-refractivity contribution in [1.29, 1.82) is 0 Å². The van der Waals surface area contributed by atoms with Crippen LogP contribution in [0.5, 0.6) is 0 Å². The smallest absolute Gasteiger partial charge is 0.254 e. The van der Waals surface area contributed by atoms with Gasteiger partial charge in [0.1, 0.15) is 5.82 Å². The van der Waals surface area contributed by atoms with Crippen LogP contribution in [0.25, 0.3) is 0 Å². The van der Waals surface area contributed by atoms with E-state index >= 15 is 0 Å². The second-order valence-electron chi connectivity index (χ2n) is 6.94. The quantitative estimate of drug-likeness (QED) is 0.929. The molecular formula is C17H27N3O.